The number of pyridine rings is 1. The maximum atomic E-state index is 12.8. The van der Waals surface area contributed by atoms with Crippen LogP contribution in [0.1, 0.15) is 17.7 Å². The lowest BCUT2D eigenvalue weighted by atomic mass is 10.1. The summed E-state index contributed by atoms with van der Waals surface area (Å²) in [5.74, 6) is 1.57. The molecule has 0 fully saturated rings. The van der Waals surface area contributed by atoms with Crippen molar-refractivity contribution in [2.75, 3.05) is 13.7 Å². The van der Waals surface area contributed by atoms with Gasteiger partial charge in [0.25, 0.3) is 5.56 Å². The first-order valence-electron chi connectivity index (χ1n) is 10.0. The fourth-order valence-corrected chi connectivity index (χ4v) is 3.72. The molecule has 0 aliphatic heterocycles. The zero-order valence-electron chi connectivity index (χ0n) is 17.5. The number of fused-ring (bicyclic) bond motifs is 1. The van der Waals surface area contributed by atoms with Crippen LogP contribution < -0.4 is 15.0 Å². The SMILES string of the molecule is COc1ccc(OCCCn2c(=O)cc(C)c3c(C)nn(-c4ccccc4)c32)cc1. The highest BCUT2D eigenvalue weighted by Crippen LogP contribution is 2.24. The Morgan fingerprint density at radius 2 is 1.67 bits per heavy atom. The first kappa shape index (κ1) is 19.8. The molecule has 6 heteroatoms. The maximum absolute atomic E-state index is 12.8. The summed E-state index contributed by atoms with van der Waals surface area (Å²) in [5, 5.41) is 5.75. The van der Waals surface area contributed by atoms with Crippen LogP contribution >= 0.6 is 0 Å². The first-order chi connectivity index (χ1) is 14.6. The van der Waals surface area contributed by atoms with E-state index in [2.05, 4.69) is 0 Å². The lowest BCUT2D eigenvalue weighted by Gasteiger charge is -2.13. The fourth-order valence-electron chi connectivity index (χ4n) is 3.72. The topological polar surface area (TPSA) is 58.3 Å². The van der Waals surface area contributed by atoms with Crippen molar-refractivity contribution < 1.29 is 9.47 Å². The molecule has 0 amide bonds. The Hall–Kier alpha value is -3.54. The average Bonchev–Trinajstić information content (AvgIpc) is 3.11. The highest BCUT2D eigenvalue weighted by Gasteiger charge is 2.16. The van der Waals surface area contributed by atoms with Crippen LogP contribution in [0.15, 0.2) is 65.5 Å². The molecule has 0 aliphatic rings. The molecule has 0 saturated heterocycles. The molecule has 0 spiro atoms. The second-order valence-corrected chi connectivity index (χ2v) is 7.23. The number of benzene rings is 2. The smallest absolute Gasteiger partial charge is 0.252 e. The molecule has 0 atom stereocenters. The lowest BCUT2D eigenvalue weighted by Crippen LogP contribution is -2.23. The third-order valence-corrected chi connectivity index (χ3v) is 5.15. The van der Waals surface area contributed by atoms with Crippen molar-refractivity contribution in [3.8, 4) is 17.2 Å². The summed E-state index contributed by atoms with van der Waals surface area (Å²) in [6.07, 6.45) is 0.698. The molecule has 2 heterocycles. The molecule has 0 aliphatic carbocycles. The Labute approximate surface area is 175 Å². The van der Waals surface area contributed by atoms with Gasteiger partial charge in [-0.15, -0.1) is 0 Å². The van der Waals surface area contributed by atoms with Gasteiger partial charge in [0.2, 0.25) is 0 Å². The quantitative estimate of drug-likeness (QED) is 0.432. The Kier molecular flexibility index (Phi) is 5.57. The molecule has 154 valence electrons. The maximum Gasteiger partial charge on any atom is 0.252 e. The normalized spacial score (nSPS) is 11.0. The molecule has 0 N–H and O–H groups in total. The van der Waals surface area contributed by atoms with Crippen molar-refractivity contribution in [1.82, 2.24) is 14.3 Å². The van der Waals surface area contributed by atoms with E-state index in [1.54, 1.807) is 17.7 Å². The van der Waals surface area contributed by atoms with Gasteiger partial charge in [0.1, 0.15) is 17.1 Å². The zero-order valence-corrected chi connectivity index (χ0v) is 17.5. The number of ether oxygens (including phenoxy) is 2. The molecule has 2 aromatic heterocycles. The zero-order chi connectivity index (χ0) is 21.1. The predicted octanol–water partition coefficient (Wildman–Crippen LogP) is 4.28. The minimum Gasteiger partial charge on any atom is -0.497 e. The summed E-state index contributed by atoms with van der Waals surface area (Å²) in [7, 11) is 1.64. The van der Waals surface area contributed by atoms with Crippen LogP contribution in [0.5, 0.6) is 11.5 Å². The van der Waals surface area contributed by atoms with Gasteiger partial charge in [-0.3, -0.25) is 9.36 Å². The number of para-hydroxylation sites is 1. The number of nitrogens with zero attached hydrogens (tertiary/aromatic N) is 3. The second kappa shape index (κ2) is 8.45. The van der Waals surface area contributed by atoms with Crippen molar-refractivity contribution in [3.05, 3.63) is 82.3 Å². The number of hydrogen-bond acceptors (Lipinski definition) is 4. The average molecular weight is 403 g/mol. The van der Waals surface area contributed by atoms with Crippen LogP contribution in [-0.2, 0) is 6.54 Å². The summed E-state index contributed by atoms with van der Waals surface area (Å²) in [6, 6.07) is 19.1. The highest BCUT2D eigenvalue weighted by molar-refractivity contribution is 5.83. The third-order valence-electron chi connectivity index (χ3n) is 5.15. The summed E-state index contributed by atoms with van der Waals surface area (Å²) in [5.41, 5.74) is 3.59. The third kappa shape index (κ3) is 3.81. The lowest BCUT2D eigenvalue weighted by molar-refractivity contribution is 0.301. The monoisotopic (exact) mass is 403 g/mol. The molecule has 4 aromatic rings. The minimum atomic E-state index is -0.0264. The van der Waals surface area contributed by atoms with Crippen molar-refractivity contribution >= 4 is 11.0 Å². The van der Waals surface area contributed by atoms with Crippen LogP contribution in [0.4, 0.5) is 0 Å². The largest absolute Gasteiger partial charge is 0.497 e. The Bertz CT molecular complexity index is 1210. The number of aryl methyl sites for hydroxylation is 3. The van der Waals surface area contributed by atoms with Crippen LogP contribution in [0.25, 0.3) is 16.7 Å². The van der Waals surface area contributed by atoms with Gasteiger partial charge in [-0.1, -0.05) is 18.2 Å². The molecule has 0 unspecified atom stereocenters. The molecular formula is C24H25N3O3. The van der Waals surface area contributed by atoms with Crippen LogP contribution in [0.2, 0.25) is 0 Å². The van der Waals surface area contributed by atoms with Crippen molar-refractivity contribution in [1.29, 1.82) is 0 Å². The van der Waals surface area contributed by atoms with Crippen LogP contribution in [0.3, 0.4) is 0 Å². The van der Waals surface area contributed by atoms with E-state index in [4.69, 9.17) is 14.6 Å². The summed E-state index contributed by atoms with van der Waals surface area (Å²) >= 11 is 0. The summed E-state index contributed by atoms with van der Waals surface area (Å²) in [6.45, 7) is 5.00. The fraction of sp³-hybridized carbons (Fsp3) is 0.250. The highest BCUT2D eigenvalue weighted by atomic mass is 16.5. The van der Waals surface area contributed by atoms with Gasteiger partial charge >= 0.3 is 0 Å². The summed E-state index contributed by atoms with van der Waals surface area (Å²) in [4.78, 5) is 12.8. The van der Waals surface area contributed by atoms with E-state index in [0.29, 0.717) is 19.6 Å². The van der Waals surface area contributed by atoms with E-state index in [-0.39, 0.29) is 5.56 Å². The minimum absolute atomic E-state index is 0.0264. The molecule has 0 saturated carbocycles. The van der Waals surface area contributed by atoms with E-state index in [1.165, 1.54) is 0 Å². The Balaban J connectivity index is 1.61. The number of methoxy groups -OCH3 is 1. The van der Waals surface area contributed by atoms with Crippen LogP contribution in [-0.4, -0.2) is 28.1 Å². The number of aromatic nitrogens is 3. The van der Waals surface area contributed by atoms with Gasteiger partial charge in [-0.05, 0) is 62.2 Å². The van der Waals surface area contributed by atoms with E-state index in [0.717, 1.165) is 39.5 Å². The second-order valence-electron chi connectivity index (χ2n) is 7.23. The number of hydrogen-bond donors (Lipinski definition) is 0. The van der Waals surface area contributed by atoms with Gasteiger partial charge < -0.3 is 9.47 Å². The van der Waals surface area contributed by atoms with Crippen molar-refractivity contribution in [2.24, 2.45) is 0 Å². The Morgan fingerprint density at radius 3 is 2.37 bits per heavy atom. The van der Waals surface area contributed by atoms with E-state index >= 15 is 0 Å². The Morgan fingerprint density at radius 1 is 0.967 bits per heavy atom. The van der Waals surface area contributed by atoms with E-state index in [9.17, 15) is 4.79 Å². The molecular weight excluding hydrogens is 378 g/mol. The van der Waals surface area contributed by atoms with E-state index < -0.39 is 0 Å². The molecule has 0 radical (unpaired) electrons. The molecule has 4 rings (SSSR count). The predicted molar refractivity (Wildman–Crippen MR) is 118 cm³/mol. The first-order valence-corrected chi connectivity index (χ1v) is 10.0. The molecule has 2 aromatic carbocycles. The standard InChI is InChI=1S/C24H25N3O3/c1-17-16-22(28)26(14-7-15-30-21-12-10-20(29-3)11-13-21)24-23(17)18(2)25-27(24)19-8-5-4-6-9-19/h4-6,8-13,16H,7,14-15H2,1-3H3. The molecule has 0 bridgehead atoms. The van der Waals surface area contributed by atoms with Gasteiger partial charge in [0, 0.05) is 18.0 Å². The van der Waals surface area contributed by atoms with Gasteiger partial charge in [0.05, 0.1) is 25.1 Å². The van der Waals surface area contributed by atoms with E-state index in [1.807, 2.05) is 73.1 Å². The van der Waals surface area contributed by atoms with Crippen molar-refractivity contribution in [2.45, 2.75) is 26.8 Å². The summed E-state index contributed by atoms with van der Waals surface area (Å²) < 4.78 is 14.7. The van der Waals surface area contributed by atoms with Crippen molar-refractivity contribution in [3.63, 3.8) is 0 Å². The van der Waals surface area contributed by atoms with Gasteiger partial charge in [0.15, 0.2) is 0 Å². The van der Waals surface area contributed by atoms with Gasteiger partial charge in [-0.2, -0.15) is 5.10 Å². The number of rotatable bonds is 7. The van der Waals surface area contributed by atoms with Gasteiger partial charge in [-0.25, -0.2) is 4.68 Å². The molecule has 30 heavy (non-hydrogen) atoms. The molecule has 6 nitrogen and oxygen atoms in total. The van der Waals surface area contributed by atoms with Crippen LogP contribution in [0, 0.1) is 13.8 Å².